The van der Waals surface area contributed by atoms with E-state index in [9.17, 15) is 14.7 Å². The van der Waals surface area contributed by atoms with Crippen molar-refractivity contribution in [1.82, 2.24) is 0 Å². The zero-order chi connectivity index (χ0) is 18.7. The van der Waals surface area contributed by atoms with Crippen molar-refractivity contribution in [2.24, 2.45) is 0 Å². The molecule has 1 amide bonds. The number of ketones is 1. The summed E-state index contributed by atoms with van der Waals surface area (Å²) in [6, 6.07) is 14.5. The van der Waals surface area contributed by atoms with Gasteiger partial charge in [0.2, 0.25) is 0 Å². The fourth-order valence-electron chi connectivity index (χ4n) is 3.01. The third-order valence-corrected chi connectivity index (χ3v) is 4.57. The molecule has 0 saturated heterocycles. The molecule has 0 spiro atoms. The van der Waals surface area contributed by atoms with Crippen molar-refractivity contribution < 1.29 is 14.7 Å². The van der Waals surface area contributed by atoms with Crippen molar-refractivity contribution in [3.63, 3.8) is 0 Å². The smallest absolute Gasteiger partial charge is 0.263 e. The van der Waals surface area contributed by atoms with Gasteiger partial charge in [-0.05, 0) is 29.8 Å². The van der Waals surface area contributed by atoms with Crippen LogP contribution in [0.4, 0.5) is 5.69 Å². The Morgan fingerprint density at radius 3 is 2.65 bits per heavy atom. The first-order valence-electron chi connectivity index (χ1n) is 8.15. The van der Waals surface area contributed by atoms with Crippen molar-refractivity contribution in [3.05, 3.63) is 82.9 Å². The third-order valence-electron chi connectivity index (χ3n) is 4.34. The number of halogens is 1. The van der Waals surface area contributed by atoms with Crippen LogP contribution < -0.4 is 4.90 Å². The Bertz CT molecular complexity index is 905. The molecule has 26 heavy (non-hydrogen) atoms. The zero-order valence-electron chi connectivity index (χ0n) is 14.2. The van der Waals surface area contributed by atoms with Gasteiger partial charge in [-0.3, -0.25) is 9.59 Å². The van der Waals surface area contributed by atoms with Crippen LogP contribution in [0.15, 0.2) is 66.8 Å². The number of hydrogen-bond donors (Lipinski definition) is 1. The van der Waals surface area contributed by atoms with Crippen molar-refractivity contribution in [2.45, 2.75) is 12.0 Å². The molecule has 2 aromatic carbocycles. The van der Waals surface area contributed by atoms with Crippen LogP contribution in [0.3, 0.4) is 0 Å². The summed E-state index contributed by atoms with van der Waals surface area (Å²) in [5.74, 6) is -0.879. The van der Waals surface area contributed by atoms with Gasteiger partial charge in [0.1, 0.15) is 0 Å². The SMILES string of the molecule is CN1C(=O)[C@@](O)(CC(=O)/C=C/C=C\c2ccccc2)c2cc(Cl)ccc21. The summed E-state index contributed by atoms with van der Waals surface area (Å²) >= 11 is 5.99. The lowest BCUT2D eigenvalue weighted by Crippen LogP contribution is -2.40. The quantitative estimate of drug-likeness (QED) is 0.647. The molecule has 0 fully saturated rings. The molecule has 132 valence electrons. The zero-order valence-corrected chi connectivity index (χ0v) is 15.0. The number of likely N-dealkylation sites (N-methyl/N-ethyl adjacent to an activating group) is 1. The van der Waals surface area contributed by atoms with Crippen LogP contribution in [0.2, 0.25) is 5.02 Å². The largest absolute Gasteiger partial charge is 0.375 e. The number of nitrogens with zero attached hydrogens (tertiary/aromatic N) is 1. The van der Waals surface area contributed by atoms with E-state index in [1.807, 2.05) is 36.4 Å². The van der Waals surface area contributed by atoms with Crippen LogP contribution in [0, 0.1) is 0 Å². The van der Waals surface area contributed by atoms with E-state index < -0.39 is 11.5 Å². The topological polar surface area (TPSA) is 57.6 Å². The number of benzene rings is 2. The van der Waals surface area contributed by atoms with Crippen molar-refractivity contribution >= 4 is 35.1 Å². The summed E-state index contributed by atoms with van der Waals surface area (Å²) < 4.78 is 0. The van der Waals surface area contributed by atoms with Gasteiger partial charge < -0.3 is 10.0 Å². The second-order valence-electron chi connectivity index (χ2n) is 6.16. The summed E-state index contributed by atoms with van der Waals surface area (Å²) in [6.45, 7) is 0. The van der Waals surface area contributed by atoms with Crippen LogP contribution >= 0.6 is 11.6 Å². The van der Waals surface area contributed by atoms with Crippen molar-refractivity contribution in [1.29, 1.82) is 0 Å². The van der Waals surface area contributed by atoms with Gasteiger partial charge >= 0.3 is 0 Å². The second-order valence-corrected chi connectivity index (χ2v) is 6.59. The highest BCUT2D eigenvalue weighted by molar-refractivity contribution is 6.31. The maximum atomic E-state index is 12.5. The van der Waals surface area contributed by atoms with Gasteiger partial charge in [-0.2, -0.15) is 0 Å². The fraction of sp³-hybridized carbons (Fsp3) is 0.143. The lowest BCUT2D eigenvalue weighted by Gasteiger charge is -2.20. The lowest BCUT2D eigenvalue weighted by atomic mass is 9.90. The molecule has 0 bridgehead atoms. The number of amides is 1. The van der Waals surface area contributed by atoms with Crippen LogP contribution in [-0.2, 0) is 15.2 Å². The highest BCUT2D eigenvalue weighted by Crippen LogP contribution is 2.42. The highest BCUT2D eigenvalue weighted by Gasteiger charge is 2.49. The predicted octanol–water partition coefficient (Wildman–Crippen LogP) is 3.73. The molecule has 5 heteroatoms. The van der Waals surface area contributed by atoms with Crippen LogP contribution in [-0.4, -0.2) is 23.8 Å². The molecular weight excluding hydrogens is 350 g/mol. The standard InChI is InChI=1S/C21H18ClNO3/c1-23-19-12-11-16(22)13-18(19)21(26,20(23)25)14-17(24)10-6-5-9-15-7-3-2-4-8-15/h2-13,26H,14H2,1H3/b9-5-,10-6+/t21-/m1/s1. The molecule has 0 radical (unpaired) electrons. The number of carbonyl (C=O) groups is 2. The van der Waals surface area contributed by atoms with E-state index in [-0.39, 0.29) is 12.2 Å². The summed E-state index contributed by atoms with van der Waals surface area (Å²) in [7, 11) is 1.57. The van der Waals surface area contributed by atoms with Gasteiger partial charge in [-0.15, -0.1) is 0 Å². The van der Waals surface area contributed by atoms with Gasteiger partial charge in [0.05, 0.1) is 12.1 Å². The Morgan fingerprint density at radius 2 is 1.92 bits per heavy atom. The summed E-state index contributed by atoms with van der Waals surface area (Å²) in [5, 5.41) is 11.3. The van der Waals surface area contributed by atoms with E-state index in [2.05, 4.69) is 0 Å². The first-order chi connectivity index (χ1) is 12.4. The lowest BCUT2D eigenvalue weighted by molar-refractivity contribution is -0.140. The van der Waals surface area contributed by atoms with Crippen molar-refractivity contribution in [3.8, 4) is 0 Å². The molecule has 1 N–H and O–H groups in total. The summed E-state index contributed by atoms with van der Waals surface area (Å²) in [6.07, 6.45) is 6.22. The maximum absolute atomic E-state index is 12.5. The van der Waals surface area contributed by atoms with Crippen molar-refractivity contribution in [2.75, 3.05) is 11.9 Å². The Morgan fingerprint density at radius 1 is 1.19 bits per heavy atom. The Balaban J connectivity index is 1.75. The molecular formula is C21H18ClNO3. The normalized spacial score (nSPS) is 19.5. The molecule has 0 aromatic heterocycles. The molecule has 1 atom stereocenters. The highest BCUT2D eigenvalue weighted by atomic mass is 35.5. The van der Waals surface area contributed by atoms with Gasteiger partial charge in [0.15, 0.2) is 11.4 Å². The van der Waals surface area contributed by atoms with Gasteiger partial charge in [-0.1, -0.05) is 60.2 Å². The van der Waals surface area contributed by atoms with E-state index in [0.717, 1.165) is 5.56 Å². The number of rotatable bonds is 5. The summed E-state index contributed by atoms with van der Waals surface area (Å²) in [5.41, 5.74) is 0.0423. The minimum absolute atomic E-state index is 0.334. The van der Waals surface area contributed by atoms with E-state index in [4.69, 9.17) is 11.6 Å². The minimum atomic E-state index is -1.89. The molecule has 0 unspecified atom stereocenters. The number of carbonyl (C=O) groups excluding carboxylic acids is 2. The number of allylic oxidation sites excluding steroid dienone is 3. The van der Waals surface area contributed by atoms with E-state index in [1.54, 1.807) is 31.3 Å². The molecule has 1 aliphatic rings. The number of hydrogen-bond acceptors (Lipinski definition) is 3. The van der Waals surface area contributed by atoms with Crippen LogP contribution in [0.1, 0.15) is 17.5 Å². The average molecular weight is 368 g/mol. The summed E-state index contributed by atoms with van der Waals surface area (Å²) in [4.78, 5) is 26.1. The Hall–Kier alpha value is -2.69. The molecule has 1 aliphatic heterocycles. The van der Waals surface area contributed by atoms with Gasteiger partial charge in [-0.25, -0.2) is 0 Å². The molecule has 0 aliphatic carbocycles. The molecule has 0 saturated carbocycles. The van der Waals surface area contributed by atoms with Gasteiger partial charge in [0, 0.05) is 17.6 Å². The minimum Gasteiger partial charge on any atom is -0.375 e. The van der Waals surface area contributed by atoms with E-state index >= 15 is 0 Å². The molecule has 4 nitrogen and oxygen atoms in total. The molecule has 3 rings (SSSR count). The Kier molecular flexibility index (Phi) is 5.07. The molecule has 1 heterocycles. The van der Waals surface area contributed by atoms with E-state index in [0.29, 0.717) is 16.3 Å². The van der Waals surface area contributed by atoms with Crippen LogP contribution in [0.25, 0.3) is 6.08 Å². The average Bonchev–Trinajstić information content (AvgIpc) is 2.81. The first-order valence-corrected chi connectivity index (χ1v) is 8.53. The monoisotopic (exact) mass is 367 g/mol. The fourth-order valence-corrected chi connectivity index (χ4v) is 3.18. The number of anilines is 1. The number of aliphatic hydroxyl groups is 1. The number of fused-ring (bicyclic) bond motifs is 1. The first kappa shape index (κ1) is 18.1. The van der Waals surface area contributed by atoms with Crippen LogP contribution in [0.5, 0.6) is 0 Å². The van der Waals surface area contributed by atoms with Gasteiger partial charge in [0.25, 0.3) is 5.91 Å². The molecule has 2 aromatic rings. The van der Waals surface area contributed by atoms with E-state index in [1.165, 1.54) is 17.0 Å². The predicted molar refractivity (Wildman–Crippen MR) is 103 cm³/mol. The maximum Gasteiger partial charge on any atom is 0.263 e. The second kappa shape index (κ2) is 7.28. The third kappa shape index (κ3) is 3.47. The Labute approximate surface area is 157 Å².